The summed E-state index contributed by atoms with van der Waals surface area (Å²) in [6.07, 6.45) is 2.62. The topological polar surface area (TPSA) is 47.9 Å². The van der Waals surface area contributed by atoms with Crippen molar-refractivity contribution in [1.82, 2.24) is 15.0 Å². The van der Waals surface area contributed by atoms with Crippen LogP contribution in [0, 0.1) is 0 Å². The van der Waals surface area contributed by atoms with Crippen LogP contribution in [0.5, 0.6) is 5.88 Å². The monoisotopic (exact) mass is 275 g/mol. The molecule has 0 unspecified atom stereocenters. The number of halogens is 3. The zero-order valence-electron chi connectivity index (χ0n) is 7.19. The fourth-order valence-corrected chi connectivity index (χ4v) is 1.42. The van der Waals surface area contributed by atoms with Crippen LogP contribution in [0.3, 0.4) is 0 Å². The number of nitrogens with zero attached hydrogens (tertiary/aromatic N) is 3. The Hall–Kier alpha value is -1.37. The Kier molecular flexibility index (Phi) is 2.72. The smallest absolute Gasteiger partial charge is 0.388 e. The van der Waals surface area contributed by atoms with Gasteiger partial charge in [0.2, 0.25) is 5.88 Å². The number of hydrogen-bond acceptors (Lipinski definition) is 4. The number of hydrogen-bond donors (Lipinski definition) is 0. The molecule has 0 spiro atoms. The Labute approximate surface area is 91.4 Å². The van der Waals surface area contributed by atoms with Gasteiger partial charge in [0.15, 0.2) is 5.65 Å². The molecule has 78 valence electrons. The maximum atomic E-state index is 11.9. The van der Waals surface area contributed by atoms with Crippen LogP contribution in [-0.2, 0) is 0 Å². The number of rotatable bonds is 2. The Morgan fingerprint density at radius 2 is 2.13 bits per heavy atom. The first-order valence-electron chi connectivity index (χ1n) is 3.89. The molecule has 0 aromatic carbocycles. The van der Waals surface area contributed by atoms with Crippen molar-refractivity contribution in [3.05, 3.63) is 22.9 Å². The number of ether oxygens (including phenoxy) is 1. The van der Waals surface area contributed by atoms with Gasteiger partial charge in [0, 0.05) is 10.7 Å². The van der Waals surface area contributed by atoms with Crippen LogP contribution in [0.4, 0.5) is 8.78 Å². The van der Waals surface area contributed by atoms with Crippen molar-refractivity contribution in [2.45, 2.75) is 6.61 Å². The molecule has 2 heterocycles. The predicted octanol–water partition coefficient (Wildman–Crippen LogP) is 2.39. The maximum Gasteiger partial charge on any atom is 0.388 e. The minimum atomic E-state index is -2.91. The van der Waals surface area contributed by atoms with Gasteiger partial charge in [0.25, 0.3) is 0 Å². The molecule has 0 atom stereocenters. The zero-order valence-corrected chi connectivity index (χ0v) is 8.78. The molecule has 0 amide bonds. The first-order chi connectivity index (χ1) is 7.16. The summed E-state index contributed by atoms with van der Waals surface area (Å²) in [4.78, 5) is 11.6. The molecule has 0 saturated heterocycles. The van der Waals surface area contributed by atoms with E-state index in [9.17, 15) is 8.78 Å². The third kappa shape index (κ3) is 2.17. The van der Waals surface area contributed by atoms with Gasteiger partial charge in [-0.05, 0) is 22.0 Å². The standard InChI is InChI=1S/C8H4BrF2N3O/c9-4-1-2-12-7-6(4)13-3-5(14-7)15-8(10)11/h1-3,8H. The van der Waals surface area contributed by atoms with E-state index in [4.69, 9.17) is 0 Å². The Morgan fingerprint density at radius 3 is 2.87 bits per heavy atom. The second-order valence-corrected chi connectivity index (χ2v) is 3.41. The molecule has 0 radical (unpaired) electrons. The van der Waals surface area contributed by atoms with E-state index < -0.39 is 6.61 Å². The largest absolute Gasteiger partial charge is 0.415 e. The Balaban J connectivity index is 2.48. The number of alkyl halides is 2. The van der Waals surface area contributed by atoms with Crippen LogP contribution in [0.2, 0.25) is 0 Å². The summed E-state index contributed by atoms with van der Waals surface area (Å²) in [6, 6.07) is 1.69. The average molecular weight is 276 g/mol. The maximum absolute atomic E-state index is 11.9. The van der Waals surface area contributed by atoms with Crippen LogP contribution in [0.15, 0.2) is 22.9 Å². The zero-order chi connectivity index (χ0) is 10.8. The summed E-state index contributed by atoms with van der Waals surface area (Å²) >= 11 is 3.24. The second-order valence-electron chi connectivity index (χ2n) is 2.55. The molecule has 0 fully saturated rings. The molecule has 7 heteroatoms. The summed E-state index contributed by atoms with van der Waals surface area (Å²) in [7, 11) is 0. The van der Waals surface area contributed by atoms with E-state index >= 15 is 0 Å². The van der Waals surface area contributed by atoms with Crippen molar-refractivity contribution >= 4 is 27.1 Å². The van der Waals surface area contributed by atoms with Crippen LogP contribution in [-0.4, -0.2) is 21.6 Å². The van der Waals surface area contributed by atoms with Crippen molar-refractivity contribution in [3.63, 3.8) is 0 Å². The molecule has 0 aliphatic carbocycles. The lowest BCUT2D eigenvalue weighted by Crippen LogP contribution is -2.04. The highest BCUT2D eigenvalue weighted by molar-refractivity contribution is 9.10. The molecule has 2 aromatic heterocycles. The quantitative estimate of drug-likeness (QED) is 0.845. The highest BCUT2D eigenvalue weighted by atomic mass is 79.9. The first kappa shape index (κ1) is 10.2. The lowest BCUT2D eigenvalue weighted by atomic mass is 10.4. The number of pyridine rings is 1. The lowest BCUT2D eigenvalue weighted by molar-refractivity contribution is -0.0528. The average Bonchev–Trinajstić information content (AvgIpc) is 2.17. The van der Waals surface area contributed by atoms with E-state index in [0.29, 0.717) is 9.99 Å². The minimum Gasteiger partial charge on any atom is -0.415 e. The van der Waals surface area contributed by atoms with Gasteiger partial charge >= 0.3 is 6.61 Å². The third-order valence-corrected chi connectivity index (χ3v) is 2.23. The second kappa shape index (κ2) is 4.01. The highest BCUT2D eigenvalue weighted by Crippen LogP contribution is 2.20. The van der Waals surface area contributed by atoms with Gasteiger partial charge in [-0.2, -0.15) is 13.8 Å². The molecule has 15 heavy (non-hydrogen) atoms. The van der Waals surface area contributed by atoms with Gasteiger partial charge in [-0.3, -0.25) is 0 Å². The van der Waals surface area contributed by atoms with E-state index in [1.165, 1.54) is 6.20 Å². The third-order valence-electron chi connectivity index (χ3n) is 1.59. The van der Waals surface area contributed by atoms with Crippen molar-refractivity contribution in [3.8, 4) is 5.88 Å². The molecule has 2 rings (SSSR count). The number of aromatic nitrogens is 3. The molecule has 0 bridgehead atoms. The summed E-state index contributed by atoms with van der Waals surface area (Å²) in [5, 5.41) is 0. The fraction of sp³-hybridized carbons (Fsp3) is 0.125. The lowest BCUT2D eigenvalue weighted by Gasteiger charge is -2.03. The van der Waals surface area contributed by atoms with E-state index in [1.807, 2.05) is 0 Å². The van der Waals surface area contributed by atoms with Gasteiger partial charge in [0.05, 0.1) is 6.20 Å². The highest BCUT2D eigenvalue weighted by Gasteiger charge is 2.08. The van der Waals surface area contributed by atoms with Gasteiger partial charge in [0.1, 0.15) is 5.52 Å². The van der Waals surface area contributed by atoms with E-state index in [1.54, 1.807) is 6.07 Å². The summed E-state index contributed by atoms with van der Waals surface area (Å²) in [5.41, 5.74) is 0.752. The molecule has 0 aliphatic rings. The van der Waals surface area contributed by atoms with E-state index in [2.05, 4.69) is 35.6 Å². The minimum absolute atomic E-state index is 0.247. The van der Waals surface area contributed by atoms with Crippen molar-refractivity contribution in [1.29, 1.82) is 0 Å². The summed E-state index contributed by atoms with van der Waals surface area (Å²) < 4.78 is 28.6. The molecule has 0 saturated carbocycles. The van der Waals surface area contributed by atoms with Crippen LogP contribution in [0.1, 0.15) is 0 Å². The van der Waals surface area contributed by atoms with E-state index in [-0.39, 0.29) is 11.5 Å². The van der Waals surface area contributed by atoms with Crippen LogP contribution >= 0.6 is 15.9 Å². The summed E-state index contributed by atoms with van der Waals surface area (Å²) in [5.74, 6) is -0.247. The molecule has 0 aliphatic heterocycles. The van der Waals surface area contributed by atoms with Crippen molar-refractivity contribution in [2.24, 2.45) is 0 Å². The fourth-order valence-electron chi connectivity index (χ4n) is 1.02. The SMILES string of the molecule is FC(F)Oc1cnc2c(Br)ccnc2n1. The molecule has 4 nitrogen and oxygen atoms in total. The van der Waals surface area contributed by atoms with Gasteiger partial charge in [-0.25, -0.2) is 9.97 Å². The molecule has 0 N–H and O–H groups in total. The van der Waals surface area contributed by atoms with Crippen molar-refractivity contribution < 1.29 is 13.5 Å². The predicted molar refractivity (Wildman–Crippen MR) is 51.7 cm³/mol. The molecular weight excluding hydrogens is 272 g/mol. The van der Waals surface area contributed by atoms with Gasteiger partial charge < -0.3 is 4.74 Å². The number of fused-ring (bicyclic) bond motifs is 1. The van der Waals surface area contributed by atoms with Gasteiger partial charge in [-0.15, -0.1) is 0 Å². The molecule has 2 aromatic rings. The van der Waals surface area contributed by atoms with E-state index in [0.717, 1.165) is 6.20 Å². The van der Waals surface area contributed by atoms with Crippen LogP contribution < -0.4 is 4.74 Å². The van der Waals surface area contributed by atoms with Gasteiger partial charge in [-0.1, -0.05) is 0 Å². The normalized spacial score (nSPS) is 10.9. The van der Waals surface area contributed by atoms with Crippen molar-refractivity contribution in [2.75, 3.05) is 0 Å². The summed E-state index contributed by atoms with van der Waals surface area (Å²) in [6.45, 7) is -2.91. The first-order valence-corrected chi connectivity index (χ1v) is 4.68. The molecular formula is C8H4BrF2N3O. The Bertz CT molecular complexity index is 494. The van der Waals surface area contributed by atoms with Crippen LogP contribution in [0.25, 0.3) is 11.2 Å². The Morgan fingerprint density at radius 1 is 1.33 bits per heavy atom.